The van der Waals surface area contributed by atoms with E-state index in [-0.39, 0.29) is 19.1 Å². The molecule has 0 saturated heterocycles. The van der Waals surface area contributed by atoms with Crippen LogP contribution in [0.4, 0.5) is 0 Å². The second-order valence-electron chi connectivity index (χ2n) is 13.3. The van der Waals surface area contributed by atoms with Gasteiger partial charge in [0.2, 0.25) is 5.91 Å². The highest BCUT2D eigenvalue weighted by atomic mass is 31.2. The number of hydrogen-bond acceptors (Lipinski definition) is 5. The van der Waals surface area contributed by atoms with Gasteiger partial charge < -0.3 is 19.8 Å². The number of nitrogens with one attached hydrogen (secondary N) is 1. The number of carbonyl (C=O) groups is 1. The number of quaternary nitrogens is 1. The van der Waals surface area contributed by atoms with Crippen molar-refractivity contribution < 1.29 is 32.9 Å². The van der Waals surface area contributed by atoms with E-state index in [1.165, 1.54) is 70.6 Å². The van der Waals surface area contributed by atoms with E-state index in [4.69, 9.17) is 9.05 Å². The zero-order valence-electron chi connectivity index (χ0n) is 29.6. The van der Waals surface area contributed by atoms with E-state index in [1.54, 1.807) is 12.2 Å². The molecular formula is C36H70N2O6P+. The molecule has 0 aliphatic carbocycles. The summed E-state index contributed by atoms with van der Waals surface area (Å²) in [5, 5.41) is 13.6. The van der Waals surface area contributed by atoms with Gasteiger partial charge in [-0.15, -0.1) is 0 Å². The molecule has 3 atom stereocenters. The average Bonchev–Trinajstić information content (AvgIpc) is 2.97. The maximum Gasteiger partial charge on any atom is 0.472 e. The van der Waals surface area contributed by atoms with Crippen molar-refractivity contribution in [3.8, 4) is 0 Å². The average molecular weight is 658 g/mol. The molecule has 0 rings (SSSR count). The predicted octanol–water partition coefficient (Wildman–Crippen LogP) is 8.79. The van der Waals surface area contributed by atoms with E-state index < -0.39 is 20.0 Å². The Bertz CT molecular complexity index is 840. The molecule has 0 fully saturated rings. The van der Waals surface area contributed by atoms with E-state index in [0.29, 0.717) is 17.4 Å². The Morgan fingerprint density at radius 1 is 0.756 bits per heavy atom. The van der Waals surface area contributed by atoms with Crippen LogP contribution in [0.25, 0.3) is 0 Å². The highest BCUT2D eigenvalue weighted by Gasteiger charge is 2.27. The minimum Gasteiger partial charge on any atom is -0.387 e. The summed E-state index contributed by atoms with van der Waals surface area (Å²) in [5.41, 5.74) is 0. The summed E-state index contributed by atoms with van der Waals surface area (Å²) < 4.78 is 23.3. The van der Waals surface area contributed by atoms with E-state index >= 15 is 0 Å². The quantitative estimate of drug-likeness (QED) is 0.0226. The first-order valence-electron chi connectivity index (χ1n) is 17.9. The molecule has 0 saturated carbocycles. The number of phosphoric ester groups is 1. The van der Waals surface area contributed by atoms with Crippen molar-refractivity contribution in [1.29, 1.82) is 0 Å². The minimum atomic E-state index is -4.34. The van der Waals surface area contributed by atoms with Gasteiger partial charge in [-0.25, -0.2) is 4.57 Å². The van der Waals surface area contributed by atoms with Crippen LogP contribution in [0.3, 0.4) is 0 Å². The first-order chi connectivity index (χ1) is 21.5. The summed E-state index contributed by atoms with van der Waals surface area (Å²) in [6.45, 7) is 4.69. The van der Waals surface area contributed by atoms with Gasteiger partial charge in [0.15, 0.2) is 0 Å². The molecule has 0 aromatic rings. The third kappa shape index (κ3) is 31.1. The number of aliphatic hydroxyl groups excluding tert-OH is 1. The monoisotopic (exact) mass is 657 g/mol. The van der Waals surface area contributed by atoms with Crippen LogP contribution in [0.5, 0.6) is 0 Å². The van der Waals surface area contributed by atoms with Crippen molar-refractivity contribution in [3.05, 3.63) is 36.5 Å². The number of phosphoric acid groups is 1. The molecule has 1 unspecified atom stereocenters. The molecule has 8 nitrogen and oxygen atoms in total. The summed E-state index contributed by atoms with van der Waals surface area (Å²) in [6, 6.07) is -0.878. The van der Waals surface area contributed by atoms with Gasteiger partial charge in [0.05, 0.1) is 39.9 Å². The first kappa shape index (κ1) is 43.7. The number of hydrogen-bond donors (Lipinski definition) is 3. The number of likely N-dealkylation sites (N-methyl/N-ethyl adjacent to an activating group) is 1. The molecule has 1 amide bonds. The molecule has 3 N–H and O–H groups in total. The van der Waals surface area contributed by atoms with Gasteiger partial charge in [-0.1, -0.05) is 121 Å². The lowest BCUT2D eigenvalue weighted by Crippen LogP contribution is -2.45. The lowest BCUT2D eigenvalue weighted by Gasteiger charge is -2.25. The van der Waals surface area contributed by atoms with Crippen LogP contribution in [0.1, 0.15) is 136 Å². The normalized spacial score (nSPS) is 15.3. The van der Waals surface area contributed by atoms with Crippen molar-refractivity contribution in [2.24, 2.45) is 0 Å². The van der Waals surface area contributed by atoms with Crippen molar-refractivity contribution in [2.75, 3.05) is 40.9 Å². The molecule has 9 heteroatoms. The van der Waals surface area contributed by atoms with Gasteiger partial charge in [-0.05, 0) is 44.9 Å². The van der Waals surface area contributed by atoms with Gasteiger partial charge in [-0.2, -0.15) is 0 Å². The Hall–Kier alpha value is -1.28. The zero-order chi connectivity index (χ0) is 33.7. The smallest absolute Gasteiger partial charge is 0.387 e. The third-order valence-electron chi connectivity index (χ3n) is 7.64. The Morgan fingerprint density at radius 2 is 1.27 bits per heavy atom. The largest absolute Gasteiger partial charge is 0.472 e. The van der Waals surface area contributed by atoms with Gasteiger partial charge in [0.1, 0.15) is 13.2 Å². The van der Waals surface area contributed by atoms with Crippen LogP contribution in [0.15, 0.2) is 36.5 Å². The molecule has 0 aromatic heterocycles. The Kier molecular flexibility index (Phi) is 28.1. The van der Waals surface area contributed by atoms with Crippen LogP contribution in [0, 0.1) is 0 Å². The van der Waals surface area contributed by atoms with Crippen molar-refractivity contribution in [2.45, 2.75) is 148 Å². The minimum absolute atomic E-state index is 0.0511. The fourth-order valence-corrected chi connectivity index (χ4v) is 5.41. The molecule has 0 aromatic carbocycles. The Labute approximate surface area is 276 Å². The van der Waals surface area contributed by atoms with Crippen molar-refractivity contribution >= 4 is 13.7 Å². The van der Waals surface area contributed by atoms with E-state index in [2.05, 4.69) is 37.4 Å². The standard InChI is InChI=1S/C36H69N2O6P/c1-6-8-10-12-14-16-18-19-20-22-24-26-28-30-36(40)37-34(33-44-45(41,42)43-32-31-38(3,4)5)35(39)29-27-25-23-21-17-15-13-11-9-7-2/h16,18,23,25,27,29,34-35,39H,6-15,17,19-22,24,26,28,30-33H2,1-5H3,(H-,37,40,41,42)/p+1/b18-16+,25-23+,29-27+/t34-,35+/m0/s1. The van der Waals surface area contributed by atoms with Crippen LogP contribution >= 0.6 is 7.82 Å². The third-order valence-corrected chi connectivity index (χ3v) is 8.62. The summed E-state index contributed by atoms with van der Waals surface area (Å²) in [5.74, 6) is -0.209. The number of allylic oxidation sites excluding steroid dienone is 5. The van der Waals surface area contributed by atoms with Crippen LogP contribution in [0.2, 0.25) is 0 Å². The molecule has 45 heavy (non-hydrogen) atoms. The van der Waals surface area contributed by atoms with Crippen molar-refractivity contribution in [1.82, 2.24) is 5.32 Å². The summed E-state index contributed by atoms with van der Waals surface area (Å²) >= 11 is 0. The summed E-state index contributed by atoms with van der Waals surface area (Å²) in [7, 11) is 1.53. The Morgan fingerprint density at radius 3 is 1.84 bits per heavy atom. The molecule has 0 aliphatic rings. The van der Waals surface area contributed by atoms with Crippen LogP contribution in [-0.4, -0.2) is 73.4 Å². The first-order valence-corrected chi connectivity index (χ1v) is 19.4. The Balaban J connectivity index is 4.65. The second-order valence-corrected chi connectivity index (χ2v) is 14.7. The highest BCUT2D eigenvalue weighted by Crippen LogP contribution is 2.43. The zero-order valence-corrected chi connectivity index (χ0v) is 30.5. The van der Waals surface area contributed by atoms with Crippen LogP contribution in [-0.2, 0) is 18.4 Å². The summed E-state index contributed by atoms with van der Waals surface area (Å²) in [6.07, 6.45) is 32.2. The van der Waals surface area contributed by atoms with E-state index in [9.17, 15) is 19.4 Å². The number of rotatable bonds is 31. The molecular weight excluding hydrogens is 587 g/mol. The molecule has 264 valence electrons. The molecule has 0 bridgehead atoms. The fourth-order valence-electron chi connectivity index (χ4n) is 4.68. The topological polar surface area (TPSA) is 105 Å². The second kappa shape index (κ2) is 28.9. The van der Waals surface area contributed by atoms with Gasteiger partial charge in [0, 0.05) is 6.42 Å². The number of amides is 1. The van der Waals surface area contributed by atoms with Crippen LogP contribution < -0.4 is 5.32 Å². The van der Waals surface area contributed by atoms with Gasteiger partial charge in [-0.3, -0.25) is 13.8 Å². The molecule has 0 heterocycles. The number of aliphatic hydroxyl groups is 1. The molecule has 0 aliphatic heterocycles. The lowest BCUT2D eigenvalue weighted by molar-refractivity contribution is -0.870. The molecule has 0 spiro atoms. The van der Waals surface area contributed by atoms with Gasteiger partial charge in [0.25, 0.3) is 0 Å². The van der Waals surface area contributed by atoms with E-state index in [0.717, 1.165) is 44.9 Å². The maximum atomic E-state index is 12.7. The number of carbonyl (C=O) groups excluding carboxylic acids is 1. The summed E-state index contributed by atoms with van der Waals surface area (Å²) in [4.78, 5) is 22.9. The maximum absolute atomic E-state index is 12.7. The molecule has 0 radical (unpaired) electrons. The number of unbranched alkanes of at least 4 members (excludes halogenated alkanes) is 15. The van der Waals surface area contributed by atoms with Gasteiger partial charge >= 0.3 is 7.82 Å². The van der Waals surface area contributed by atoms with Crippen molar-refractivity contribution in [3.63, 3.8) is 0 Å². The highest BCUT2D eigenvalue weighted by molar-refractivity contribution is 7.47. The fraction of sp³-hybridized carbons (Fsp3) is 0.806. The number of nitrogens with zero attached hydrogens (tertiary/aromatic N) is 1. The SMILES string of the molecule is CCCCCC/C=C/CCCCCCCC(=O)N[C@@H](COP(=O)(O)OCC[N+](C)(C)C)[C@H](O)/C=C/C=C/CCCCCCCC. The van der Waals surface area contributed by atoms with E-state index in [1.807, 2.05) is 27.2 Å². The lowest BCUT2D eigenvalue weighted by atomic mass is 10.1. The predicted molar refractivity (Wildman–Crippen MR) is 189 cm³/mol.